The lowest BCUT2D eigenvalue weighted by Crippen LogP contribution is -2.44. The minimum atomic E-state index is 0.765. The van der Waals surface area contributed by atoms with Crippen molar-refractivity contribution in [2.24, 2.45) is 0 Å². The fourth-order valence-corrected chi connectivity index (χ4v) is 3.03. The molecule has 0 bridgehead atoms. The van der Waals surface area contributed by atoms with E-state index in [0.29, 0.717) is 0 Å². The van der Waals surface area contributed by atoms with Crippen LogP contribution in [0.3, 0.4) is 0 Å². The first kappa shape index (κ1) is 14.6. The van der Waals surface area contributed by atoms with Gasteiger partial charge in [0, 0.05) is 36.2 Å². The molecule has 6 nitrogen and oxygen atoms in total. The molecule has 1 fully saturated rings. The van der Waals surface area contributed by atoms with E-state index in [0.717, 1.165) is 53.5 Å². The Hall–Kier alpha value is -1.99. The molecule has 0 saturated carbocycles. The van der Waals surface area contributed by atoms with Crippen molar-refractivity contribution in [3.8, 4) is 11.4 Å². The van der Waals surface area contributed by atoms with Crippen LogP contribution in [-0.2, 0) is 0 Å². The summed E-state index contributed by atoms with van der Waals surface area (Å²) in [5.41, 5.74) is 1.77. The lowest BCUT2D eigenvalue weighted by atomic mass is 10.2. The monoisotopic (exact) mass is 372 g/mol. The van der Waals surface area contributed by atoms with E-state index in [1.54, 1.807) is 0 Å². The van der Waals surface area contributed by atoms with Gasteiger partial charge in [-0.25, -0.2) is 0 Å². The standard InChI is InChI=1S/C16H17BrN6/c1-21-8-10-22(11-9-21)15-7-6-14-18-19-16(23(14)20-15)12-2-4-13(17)5-3-12/h2-7H,8-11H2,1H3. The Morgan fingerprint density at radius 3 is 2.39 bits per heavy atom. The zero-order chi connectivity index (χ0) is 15.8. The highest BCUT2D eigenvalue weighted by atomic mass is 79.9. The third-order valence-corrected chi connectivity index (χ3v) is 4.71. The second kappa shape index (κ2) is 5.90. The zero-order valence-electron chi connectivity index (χ0n) is 12.9. The summed E-state index contributed by atoms with van der Waals surface area (Å²) in [6, 6.07) is 12.0. The number of halogens is 1. The number of anilines is 1. The number of nitrogens with zero attached hydrogens (tertiary/aromatic N) is 6. The molecule has 1 aromatic carbocycles. The van der Waals surface area contributed by atoms with Gasteiger partial charge in [0.1, 0.15) is 5.82 Å². The van der Waals surface area contributed by atoms with Crippen LogP contribution in [0.25, 0.3) is 17.0 Å². The van der Waals surface area contributed by atoms with E-state index >= 15 is 0 Å². The van der Waals surface area contributed by atoms with Crippen molar-refractivity contribution in [3.05, 3.63) is 40.9 Å². The van der Waals surface area contributed by atoms with Gasteiger partial charge in [-0.1, -0.05) is 28.1 Å². The minimum absolute atomic E-state index is 0.765. The molecule has 1 aliphatic rings. The first-order chi connectivity index (χ1) is 11.2. The highest BCUT2D eigenvalue weighted by molar-refractivity contribution is 9.10. The van der Waals surface area contributed by atoms with E-state index in [2.05, 4.69) is 43.0 Å². The van der Waals surface area contributed by atoms with Crippen LogP contribution >= 0.6 is 15.9 Å². The second-order valence-electron chi connectivity index (χ2n) is 5.78. The normalized spacial score (nSPS) is 16.2. The molecule has 0 spiro atoms. The number of piperazine rings is 1. The first-order valence-electron chi connectivity index (χ1n) is 7.62. The van der Waals surface area contributed by atoms with Crippen LogP contribution in [0.4, 0.5) is 5.82 Å². The van der Waals surface area contributed by atoms with Crippen molar-refractivity contribution in [3.63, 3.8) is 0 Å². The van der Waals surface area contributed by atoms with Gasteiger partial charge in [-0.05, 0) is 31.3 Å². The molecular weight excluding hydrogens is 356 g/mol. The summed E-state index contributed by atoms with van der Waals surface area (Å²) in [5.74, 6) is 1.74. The van der Waals surface area contributed by atoms with Gasteiger partial charge in [-0.15, -0.1) is 15.3 Å². The van der Waals surface area contributed by atoms with Crippen molar-refractivity contribution >= 4 is 27.4 Å². The molecule has 0 unspecified atom stereocenters. The van der Waals surface area contributed by atoms with Crippen LogP contribution in [0.15, 0.2) is 40.9 Å². The van der Waals surface area contributed by atoms with Crippen LogP contribution < -0.4 is 4.90 Å². The lowest BCUT2D eigenvalue weighted by molar-refractivity contribution is 0.311. The van der Waals surface area contributed by atoms with E-state index < -0.39 is 0 Å². The predicted octanol–water partition coefficient (Wildman–Crippen LogP) is 2.31. The molecule has 7 heteroatoms. The van der Waals surface area contributed by atoms with Crippen LogP contribution in [0.5, 0.6) is 0 Å². The number of likely N-dealkylation sites (N-methyl/N-ethyl adjacent to an activating group) is 1. The quantitative estimate of drug-likeness (QED) is 0.690. The topological polar surface area (TPSA) is 49.6 Å². The second-order valence-corrected chi connectivity index (χ2v) is 6.70. The van der Waals surface area contributed by atoms with Crippen LogP contribution in [0.1, 0.15) is 0 Å². The summed E-state index contributed by atoms with van der Waals surface area (Å²) in [6.07, 6.45) is 0. The summed E-state index contributed by atoms with van der Waals surface area (Å²) in [4.78, 5) is 4.64. The van der Waals surface area contributed by atoms with Crippen molar-refractivity contribution in [2.45, 2.75) is 0 Å². The van der Waals surface area contributed by atoms with Gasteiger partial charge in [0.15, 0.2) is 11.5 Å². The molecule has 1 aliphatic heterocycles. The molecule has 3 aromatic rings. The summed E-state index contributed by atoms with van der Waals surface area (Å²) in [5, 5.41) is 13.3. The Balaban J connectivity index is 1.73. The Morgan fingerprint density at radius 1 is 0.913 bits per heavy atom. The number of hydrogen-bond donors (Lipinski definition) is 0. The molecule has 118 valence electrons. The average molecular weight is 373 g/mol. The van der Waals surface area contributed by atoms with E-state index in [1.807, 2.05) is 40.9 Å². The van der Waals surface area contributed by atoms with Crippen LogP contribution in [0.2, 0.25) is 0 Å². The van der Waals surface area contributed by atoms with Crippen LogP contribution in [-0.4, -0.2) is 57.9 Å². The van der Waals surface area contributed by atoms with E-state index in [1.165, 1.54) is 0 Å². The predicted molar refractivity (Wildman–Crippen MR) is 93.6 cm³/mol. The van der Waals surface area contributed by atoms with Gasteiger partial charge in [-0.3, -0.25) is 0 Å². The fraction of sp³-hybridized carbons (Fsp3) is 0.312. The van der Waals surface area contributed by atoms with Crippen molar-refractivity contribution < 1.29 is 0 Å². The van der Waals surface area contributed by atoms with E-state index in [-0.39, 0.29) is 0 Å². The van der Waals surface area contributed by atoms with Gasteiger partial charge in [-0.2, -0.15) is 4.52 Å². The fourth-order valence-electron chi connectivity index (χ4n) is 2.76. The highest BCUT2D eigenvalue weighted by Crippen LogP contribution is 2.22. The Bertz CT molecular complexity index is 820. The summed E-state index contributed by atoms with van der Waals surface area (Å²) < 4.78 is 2.87. The minimum Gasteiger partial charge on any atom is -0.353 e. The van der Waals surface area contributed by atoms with Gasteiger partial charge in [0.25, 0.3) is 0 Å². The maximum Gasteiger partial charge on any atom is 0.185 e. The van der Waals surface area contributed by atoms with Crippen molar-refractivity contribution in [2.75, 3.05) is 38.1 Å². The Labute approximate surface area is 142 Å². The first-order valence-corrected chi connectivity index (χ1v) is 8.42. The molecule has 0 radical (unpaired) electrons. The average Bonchev–Trinajstić information content (AvgIpc) is 2.99. The number of benzene rings is 1. The summed E-state index contributed by atoms with van der Waals surface area (Å²) in [7, 11) is 2.15. The largest absolute Gasteiger partial charge is 0.353 e. The number of aromatic nitrogens is 4. The maximum absolute atomic E-state index is 4.77. The molecule has 1 saturated heterocycles. The smallest absolute Gasteiger partial charge is 0.185 e. The van der Waals surface area contributed by atoms with Crippen LogP contribution in [0, 0.1) is 0 Å². The third-order valence-electron chi connectivity index (χ3n) is 4.18. The molecule has 0 aliphatic carbocycles. The van der Waals surface area contributed by atoms with Gasteiger partial charge >= 0.3 is 0 Å². The van der Waals surface area contributed by atoms with E-state index in [4.69, 9.17) is 5.10 Å². The number of hydrogen-bond acceptors (Lipinski definition) is 5. The molecule has 23 heavy (non-hydrogen) atoms. The highest BCUT2D eigenvalue weighted by Gasteiger charge is 2.17. The molecule has 0 N–H and O–H groups in total. The molecule has 4 rings (SSSR count). The summed E-state index contributed by atoms with van der Waals surface area (Å²) >= 11 is 3.46. The molecule has 3 heterocycles. The van der Waals surface area contributed by atoms with Gasteiger partial charge in [0.2, 0.25) is 0 Å². The Kier molecular flexibility index (Phi) is 3.74. The maximum atomic E-state index is 4.77. The van der Waals surface area contributed by atoms with E-state index in [9.17, 15) is 0 Å². The van der Waals surface area contributed by atoms with Gasteiger partial charge < -0.3 is 9.80 Å². The third kappa shape index (κ3) is 2.82. The van der Waals surface area contributed by atoms with Gasteiger partial charge in [0.05, 0.1) is 0 Å². The summed E-state index contributed by atoms with van der Waals surface area (Å²) in [6.45, 7) is 4.10. The SMILES string of the molecule is CN1CCN(c2ccc3nnc(-c4ccc(Br)cc4)n3n2)CC1. The molecule has 2 aromatic heterocycles. The Morgan fingerprint density at radius 2 is 1.65 bits per heavy atom. The lowest BCUT2D eigenvalue weighted by Gasteiger charge is -2.33. The molecule has 0 amide bonds. The molecular formula is C16H17BrN6. The molecule has 0 atom stereocenters. The number of fused-ring (bicyclic) bond motifs is 1. The zero-order valence-corrected chi connectivity index (χ0v) is 14.4. The van der Waals surface area contributed by atoms with Crippen molar-refractivity contribution in [1.82, 2.24) is 24.7 Å². The number of rotatable bonds is 2. The van der Waals surface area contributed by atoms with Crippen molar-refractivity contribution in [1.29, 1.82) is 0 Å².